The molecule has 11 heavy (non-hydrogen) atoms. The third kappa shape index (κ3) is 1.48. The fourth-order valence-corrected chi connectivity index (χ4v) is 1.33. The average Bonchev–Trinajstić information content (AvgIpc) is 2.01. The van der Waals surface area contributed by atoms with Crippen molar-refractivity contribution < 1.29 is 5.11 Å². The van der Waals surface area contributed by atoms with Crippen LogP contribution in [0.1, 0.15) is 13.8 Å². The zero-order chi connectivity index (χ0) is 8.43. The Hall–Kier alpha value is -0.700. The lowest BCUT2D eigenvalue weighted by molar-refractivity contribution is 0.114. The highest BCUT2D eigenvalue weighted by Gasteiger charge is 2.29. The molecule has 4 unspecified atom stereocenters. The van der Waals surface area contributed by atoms with Crippen LogP contribution in [-0.2, 0) is 0 Å². The van der Waals surface area contributed by atoms with Gasteiger partial charge in [0, 0.05) is 0 Å². The van der Waals surface area contributed by atoms with Gasteiger partial charge in [-0.1, -0.05) is 31.2 Å². The van der Waals surface area contributed by atoms with Crippen LogP contribution in [-0.4, -0.2) is 17.3 Å². The van der Waals surface area contributed by atoms with E-state index in [1.165, 1.54) is 0 Å². The summed E-state index contributed by atoms with van der Waals surface area (Å²) < 4.78 is 0. The molecule has 4 atom stereocenters. The number of aliphatic hydroxyl groups is 1. The van der Waals surface area contributed by atoms with Gasteiger partial charge in [0.25, 0.3) is 0 Å². The maximum Gasteiger partial charge on any atom is 0.113 e. The van der Waals surface area contributed by atoms with Gasteiger partial charge < -0.3 is 5.11 Å². The Balaban J connectivity index is 2.75. The standard InChI is InChI=1S/C8H13NO2/c1-5-6(2)8(10)4-3-7(5)9-11/h3-8,10H,1-2H3. The molecule has 1 aliphatic carbocycles. The molecule has 0 saturated carbocycles. The largest absolute Gasteiger partial charge is 0.389 e. The Morgan fingerprint density at radius 2 is 1.91 bits per heavy atom. The van der Waals surface area contributed by atoms with Crippen molar-refractivity contribution in [3.63, 3.8) is 0 Å². The molecule has 0 saturated heterocycles. The molecular formula is C8H13NO2. The first-order valence-corrected chi connectivity index (χ1v) is 3.85. The minimum atomic E-state index is -0.414. The molecule has 0 spiro atoms. The van der Waals surface area contributed by atoms with Crippen molar-refractivity contribution >= 4 is 0 Å². The molecule has 3 nitrogen and oxygen atoms in total. The smallest absolute Gasteiger partial charge is 0.113 e. The van der Waals surface area contributed by atoms with Crippen molar-refractivity contribution in [3.8, 4) is 0 Å². The average molecular weight is 155 g/mol. The quantitative estimate of drug-likeness (QED) is 0.458. The summed E-state index contributed by atoms with van der Waals surface area (Å²) in [7, 11) is 0. The summed E-state index contributed by atoms with van der Waals surface area (Å²) in [5.41, 5.74) is 0. The van der Waals surface area contributed by atoms with Crippen molar-refractivity contribution in [2.24, 2.45) is 17.0 Å². The van der Waals surface area contributed by atoms with E-state index in [0.717, 1.165) is 0 Å². The van der Waals surface area contributed by atoms with E-state index in [9.17, 15) is 10.0 Å². The molecule has 1 rings (SSSR count). The molecule has 0 heterocycles. The van der Waals surface area contributed by atoms with Gasteiger partial charge in [-0.15, -0.1) is 0 Å². The Kier molecular flexibility index (Phi) is 2.39. The van der Waals surface area contributed by atoms with Gasteiger partial charge in [0.05, 0.1) is 6.10 Å². The van der Waals surface area contributed by atoms with E-state index >= 15 is 0 Å². The highest BCUT2D eigenvalue weighted by Crippen LogP contribution is 2.26. The second-order valence-electron chi connectivity index (χ2n) is 3.19. The van der Waals surface area contributed by atoms with Gasteiger partial charge in [-0.25, -0.2) is 0 Å². The van der Waals surface area contributed by atoms with Gasteiger partial charge >= 0.3 is 0 Å². The predicted octanol–water partition coefficient (Wildman–Crippen LogP) is 1.32. The van der Waals surface area contributed by atoms with E-state index in [-0.39, 0.29) is 17.9 Å². The van der Waals surface area contributed by atoms with Crippen LogP contribution in [0.3, 0.4) is 0 Å². The first-order chi connectivity index (χ1) is 5.16. The Morgan fingerprint density at radius 3 is 2.45 bits per heavy atom. The topological polar surface area (TPSA) is 49.7 Å². The number of nitrogens with zero attached hydrogens (tertiary/aromatic N) is 1. The molecule has 0 bridgehead atoms. The van der Waals surface area contributed by atoms with E-state index in [1.807, 2.05) is 13.8 Å². The minimum absolute atomic E-state index is 0.127. The normalized spacial score (nSPS) is 43.9. The fourth-order valence-electron chi connectivity index (χ4n) is 1.33. The van der Waals surface area contributed by atoms with Crippen molar-refractivity contribution in [3.05, 3.63) is 17.1 Å². The summed E-state index contributed by atoms with van der Waals surface area (Å²) in [4.78, 5) is 10.2. The molecule has 0 radical (unpaired) electrons. The van der Waals surface area contributed by atoms with E-state index in [4.69, 9.17) is 0 Å². The molecule has 0 amide bonds. The van der Waals surface area contributed by atoms with E-state index in [2.05, 4.69) is 5.18 Å². The molecule has 62 valence electrons. The second kappa shape index (κ2) is 3.13. The van der Waals surface area contributed by atoms with Gasteiger partial charge in [0.15, 0.2) is 0 Å². The van der Waals surface area contributed by atoms with Crippen LogP contribution in [0, 0.1) is 16.7 Å². The summed E-state index contributed by atoms with van der Waals surface area (Å²) in [6.07, 6.45) is 2.92. The molecule has 1 N–H and O–H groups in total. The highest BCUT2D eigenvalue weighted by atomic mass is 16.3. The number of rotatable bonds is 1. The SMILES string of the molecule is CC1C(O)C=CC(N=O)C1C. The third-order valence-electron chi connectivity index (χ3n) is 2.53. The molecule has 0 fully saturated rings. The van der Waals surface area contributed by atoms with E-state index in [1.54, 1.807) is 12.2 Å². The lowest BCUT2D eigenvalue weighted by Crippen LogP contribution is -2.32. The zero-order valence-corrected chi connectivity index (χ0v) is 6.77. The van der Waals surface area contributed by atoms with Crippen molar-refractivity contribution in [2.45, 2.75) is 26.0 Å². The van der Waals surface area contributed by atoms with Gasteiger partial charge in [-0.2, -0.15) is 4.91 Å². The molecule has 0 aromatic rings. The molecule has 0 aromatic heterocycles. The van der Waals surface area contributed by atoms with Crippen LogP contribution in [0.4, 0.5) is 0 Å². The summed E-state index contributed by atoms with van der Waals surface area (Å²) in [6.45, 7) is 3.86. The lowest BCUT2D eigenvalue weighted by atomic mass is 9.81. The maximum absolute atomic E-state index is 10.2. The number of hydrogen-bond acceptors (Lipinski definition) is 3. The summed E-state index contributed by atoms with van der Waals surface area (Å²) in [5.74, 6) is 0.273. The summed E-state index contributed by atoms with van der Waals surface area (Å²) in [6, 6.07) is -0.256. The Labute approximate surface area is 66.1 Å². The number of nitroso groups, excluding NO2 is 1. The highest BCUT2D eigenvalue weighted by molar-refractivity contribution is 5.07. The molecule has 0 aliphatic heterocycles. The monoisotopic (exact) mass is 155 g/mol. The zero-order valence-electron chi connectivity index (χ0n) is 6.77. The van der Waals surface area contributed by atoms with Crippen molar-refractivity contribution in [2.75, 3.05) is 0 Å². The van der Waals surface area contributed by atoms with E-state index < -0.39 is 6.10 Å². The van der Waals surface area contributed by atoms with Gasteiger partial charge in [0.1, 0.15) is 6.04 Å². The van der Waals surface area contributed by atoms with Crippen LogP contribution in [0.5, 0.6) is 0 Å². The molecule has 0 aromatic carbocycles. The Bertz CT molecular complexity index is 179. The fraction of sp³-hybridized carbons (Fsp3) is 0.750. The number of aliphatic hydroxyl groups excluding tert-OH is 1. The van der Waals surface area contributed by atoms with Gasteiger partial charge in [-0.05, 0) is 11.8 Å². The predicted molar refractivity (Wildman–Crippen MR) is 43.1 cm³/mol. The summed E-state index contributed by atoms with van der Waals surface area (Å²) in [5, 5.41) is 12.3. The van der Waals surface area contributed by atoms with Crippen molar-refractivity contribution in [1.29, 1.82) is 0 Å². The van der Waals surface area contributed by atoms with Crippen LogP contribution < -0.4 is 0 Å². The molecule has 3 heteroatoms. The van der Waals surface area contributed by atoms with E-state index in [0.29, 0.717) is 0 Å². The van der Waals surface area contributed by atoms with Crippen LogP contribution in [0.15, 0.2) is 17.3 Å². The molecular weight excluding hydrogens is 142 g/mol. The van der Waals surface area contributed by atoms with Gasteiger partial charge in [0.2, 0.25) is 0 Å². The van der Waals surface area contributed by atoms with Crippen LogP contribution in [0.2, 0.25) is 0 Å². The van der Waals surface area contributed by atoms with Crippen molar-refractivity contribution in [1.82, 2.24) is 0 Å². The first-order valence-electron chi connectivity index (χ1n) is 3.85. The first kappa shape index (κ1) is 8.40. The number of hydrogen-bond donors (Lipinski definition) is 1. The maximum atomic E-state index is 10.2. The van der Waals surface area contributed by atoms with Gasteiger partial charge in [-0.3, -0.25) is 0 Å². The Morgan fingerprint density at radius 1 is 1.27 bits per heavy atom. The van der Waals surface area contributed by atoms with Crippen LogP contribution >= 0.6 is 0 Å². The second-order valence-corrected chi connectivity index (χ2v) is 3.19. The molecule has 1 aliphatic rings. The third-order valence-corrected chi connectivity index (χ3v) is 2.53. The summed E-state index contributed by atoms with van der Waals surface area (Å²) >= 11 is 0. The van der Waals surface area contributed by atoms with Crippen LogP contribution in [0.25, 0.3) is 0 Å². The minimum Gasteiger partial charge on any atom is -0.389 e. The lowest BCUT2D eigenvalue weighted by Gasteiger charge is -2.29.